The molecule has 0 radical (unpaired) electrons. The van der Waals surface area contributed by atoms with Crippen LogP contribution >= 0.6 is 0 Å². The number of carbonyl (C=O) groups excluding carboxylic acids is 4. The number of nitrogens with zero attached hydrogens (tertiary/aromatic N) is 1. The third-order valence-electron chi connectivity index (χ3n) is 6.69. The average Bonchev–Trinajstić information content (AvgIpc) is 2.89. The third kappa shape index (κ3) is 4.29. The number of anilines is 1. The van der Waals surface area contributed by atoms with Crippen LogP contribution in [0.3, 0.4) is 0 Å². The van der Waals surface area contributed by atoms with E-state index >= 15 is 0 Å². The van der Waals surface area contributed by atoms with Crippen LogP contribution in [0.1, 0.15) is 55.6 Å². The van der Waals surface area contributed by atoms with Gasteiger partial charge in [-0.25, -0.2) is 0 Å². The largest absolute Gasteiger partial charge is 0.452 e. The summed E-state index contributed by atoms with van der Waals surface area (Å²) in [6.45, 7) is 5.24. The molecule has 4 aromatic rings. The number of fused-ring (bicyclic) bond motifs is 3. The van der Waals surface area contributed by atoms with Gasteiger partial charge in [0.25, 0.3) is 5.91 Å². The molecule has 0 saturated carbocycles. The van der Waals surface area contributed by atoms with Crippen molar-refractivity contribution in [3.63, 3.8) is 0 Å². The smallest absolute Gasteiger partial charge is 0.311 e. The van der Waals surface area contributed by atoms with Crippen LogP contribution < -0.4 is 5.32 Å². The Labute approximate surface area is 213 Å². The van der Waals surface area contributed by atoms with Crippen molar-refractivity contribution in [2.45, 2.75) is 33.3 Å². The van der Waals surface area contributed by atoms with Gasteiger partial charge in [-0.3, -0.25) is 24.2 Å². The monoisotopic (exact) mass is 492 g/mol. The molecule has 1 atom stereocenters. The standard InChI is InChI=1S/C30H24N2O5/c1-16-19-9-6-7-13-24(19)31-17(2)23(16)15-26(33)37-18(3)30(36)32-25-14-8-12-22-27(25)29(35)21-11-5-4-10-20(21)28(22)34/h4-14,18H,15H2,1-3H3,(H,32,36)/t18-/m1/s1. The van der Waals surface area contributed by atoms with E-state index in [-0.39, 0.29) is 40.4 Å². The molecule has 1 amide bonds. The van der Waals surface area contributed by atoms with Gasteiger partial charge >= 0.3 is 5.97 Å². The first kappa shape index (κ1) is 24.1. The maximum absolute atomic E-state index is 13.2. The van der Waals surface area contributed by atoms with Crippen molar-refractivity contribution in [2.24, 2.45) is 0 Å². The first-order valence-electron chi connectivity index (χ1n) is 11.9. The number of carbonyl (C=O) groups is 4. The number of ether oxygens (including phenoxy) is 1. The lowest BCUT2D eigenvalue weighted by Gasteiger charge is -2.21. The number of aryl methyl sites for hydroxylation is 2. The molecule has 1 aromatic heterocycles. The molecule has 0 unspecified atom stereocenters. The van der Waals surface area contributed by atoms with Crippen LogP contribution in [-0.2, 0) is 20.7 Å². The highest BCUT2D eigenvalue weighted by Crippen LogP contribution is 2.32. The van der Waals surface area contributed by atoms with Gasteiger partial charge in [-0.1, -0.05) is 54.6 Å². The van der Waals surface area contributed by atoms with E-state index < -0.39 is 18.0 Å². The van der Waals surface area contributed by atoms with Gasteiger partial charge in [0, 0.05) is 27.8 Å². The molecule has 1 aliphatic rings. The van der Waals surface area contributed by atoms with Gasteiger partial charge < -0.3 is 10.1 Å². The van der Waals surface area contributed by atoms with Crippen molar-refractivity contribution in [1.82, 2.24) is 4.98 Å². The van der Waals surface area contributed by atoms with Crippen molar-refractivity contribution >= 4 is 40.0 Å². The molecular formula is C30H24N2O5. The molecule has 1 aliphatic carbocycles. The number of ketones is 2. The van der Waals surface area contributed by atoms with Gasteiger partial charge in [0.15, 0.2) is 17.7 Å². The minimum Gasteiger partial charge on any atom is -0.452 e. The molecule has 7 heteroatoms. The zero-order chi connectivity index (χ0) is 26.3. The normalized spacial score (nSPS) is 13.1. The molecule has 0 aliphatic heterocycles. The van der Waals surface area contributed by atoms with Crippen LogP contribution in [-0.4, -0.2) is 34.5 Å². The predicted octanol–water partition coefficient (Wildman–Crippen LogP) is 4.74. The summed E-state index contributed by atoms with van der Waals surface area (Å²) in [5.74, 6) is -1.80. The van der Waals surface area contributed by atoms with E-state index in [1.54, 1.807) is 42.5 Å². The van der Waals surface area contributed by atoms with Crippen LogP contribution in [0.25, 0.3) is 10.9 Å². The van der Waals surface area contributed by atoms with Crippen molar-refractivity contribution in [2.75, 3.05) is 5.32 Å². The SMILES string of the molecule is Cc1nc2ccccc2c(C)c1CC(=O)O[C@H](C)C(=O)Nc1cccc2c1C(=O)c1ccccc1C2=O. The summed E-state index contributed by atoms with van der Waals surface area (Å²) in [5.41, 5.74) is 4.45. The van der Waals surface area contributed by atoms with Gasteiger partial charge in [0.2, 0.25) is 0 Å². The van der Waals surface area contributed by atoms with Gasteiger partial charge in [-0.05, 0) is 44.0 Å². The minimum atomic E-state index is -1.13. The number of esters is 1. The van der Waals surface area contributed by atoms with Crippen LogP contribution in [0.15, 0.2) is 66.7 Å². The van der Waals surface area contributed by atoms with Crippen molar-refractivity contribution in [3.05, 3.63) is 106 Å². The third-order valence-corrected chi connectivity index (χ3v) is 6.69. The van der Waals surface area contributed by atoms with Crippen molar-refractivity contribution in [1.29, 1.82) is 0 Å². The molecule has 3 aromatic carbocycles. The molecule has 7 nitrogen and oxygen atoms in total. The molecule has 0 bridgehead atoms. The lowest BCUT2D eigenvalue weighted by Crippen LogP contribution is -2.32. The molecule has 1 N–H and O–H groups in total. The Kier molecular flexibility index (Phi) is 6.13. The quantitative estimate of drug-likeness (QED) is 0.356. The number of hydrogen-bond donors (Lipinski definition) is 1. The molecule has 0 spiro atoms. The number of nitrogens with one attached hydrogen (secondary N) is 1. The first-order chi connectivity index (χ1) is 17.8. The number of amides is 1. The number of pyridine rings is 1. The van der Waals surface area contributed by atoms with Crippen LogP contribution in [0.4, 0.5) is 5.69 Å². The van der Waals surface area contributed by atoms with Crippen molar-refractivity contribution < 1.29 is 23.9 Å². The number of aromatic nitrogens is 1. The summed E-state index contributed by atoms with van der Waals surface area (Å²) in [5, 5.41) is 3.62. The van der Waals surface area contributed by atoms with E-state index in [0.29, 0.717) is 5.56 Å². The summed E-state index contributed by atoms with van der Waals surface area (Å²) < 4.78 is 5.43. The van der Waals surface area contributed by atoms with Crippen LogP contribution in [0.2, 0.25) is 0 Å². The molecule has 5 rings (SSSR count). The van der Waals surface area contributed by atoms with Gasteiger partial charge in [0.1, 0.15) is 0 Å². The highest BCUT2D eigenvalue weighted by molar-refractivity contribution is 6.30. The Hall–Kier alpha value is -4.65. The maximum Gasteiger partial charge on any atom is 0.311 e. The molecule has 184 valence electrons. The zero-order valence-corrected chi connectivity index (χ0v) is 20.6. The van der Waals surface area contributed by atoms with E-state index in [1.807, 2.05) is 38.1 Å². The predicted molar refractivity (Wildman–Crippen MR) is 139 cm³/mol. The lowest BCUT2D eigenvalue weighted by molar-refractivity contribution is -0.152. The highest BCUT2D eigenvalue weighted by atomic mass is 16.5. The van der Waals surface area contributed by atoms with Crippen molar-refractivity contribution in [3.8, 4) is 0 Å². The Morgan fingerprint density at radius 2 is 1.51 bits per heavy atom. The van der Waals surface area contributed by atoms with E-state index in [9.17, 15) is 19.2 Å². The van der Waals surface area contributed by atoms with E-state index in [0.717, 1.165) is 27.7 Å². The van der Waals surface area contributed by atoms with Gasteiger partial charge in [-0.2, -0.15) is 0 Å². The Balaban J connectivity index is 1.32. The van der Waals surface area contributed by atoms with E-state index in [1.165, 1.54) is 6.92 Å². The second-order valence-electron chi connectivity index (χ2n) is 9.05. The topological polar surface area (TPSA) is 102 Å². The van der Waals surface area contributed by atoms with Crippen LogP contribution in [0.5, 0.6) is 0 Å². The fourth-order valence-electron chi connectivity index (χ4n) is 4.75. The van der Waals surface area contributed by atoms with Gasteiger partial charge in [0.05, 0.1) is 23.2 Å². The zero-order valence-electron chi connectivity index (χ0n) is 20.6. The number of benzene rings is 3. The number of hydrogen-bond acceptors (Lipinski definition) is 6. The number of para-hydroxylation sites is 1. The summed E-state index contributed by atoms with van der Waals surface area (Å²) in [6.07, 6.45) is -1.16. The van der Waals surface area contributed by atoms with Gasteiger partial charge in [-0.15, -0.1) is 0 Å². The summed E-state index contributed by atoms with van der Waals surface area (Å²) in [7, 11) is 0. The highest BCUT2D eigenvalue weighted by Gasteiger charge is 2.32. The fourth-order valence-corrected chi connectivity index (χ4v) is 4.75. The Bertz CT molecular complexity index is 1620. The fraction of sp³-hybridized carbons (Fsp3) is 0.167. The average molecular weight is 493 g/mol. The second-order valence-corrected chi connectivity index (χ2v) is 9.05. The summed E-state index contributed by atoms with van der Waals surface area (Å²) in [6, 6.07) is 19.0. The second kappa shape index (κ2) is 9.43. The molecule has 37 heavy (non-hydrogen) atoms. The number of rotatable bonds is 5. The van der Waals surface area contributed by atoms with E-state index in [4.69, 9.17) is 4.74 Å². The molecule has 0 saturated heterocycles. The van der Waals surface area contributed by atoms with Crippen LogP contribution in [0, 0.1) is 13.8 Å². The Morgan fingerprint density at radius 1 is 0.865 bits per heavy atom. The molecular weight excluding hydrogens is 468 g/mol. The van der Waals surface area contributed by atoms with E-state index in [2.05, 4.69) is 10.3 Å². The Morgan fingerprint density at radius 3 is 2.27 bits per heavy atom. The molecule has 0 fully saturated rings. The summed E-state index contributed by atoms with van der Waals surface area (Å²) in [4.78, 5) is 56.4. The minimum absolute atomic E-state index is 0.0301. The summed E-state index contributed by atoms with van der Waals surface area (Å²) >= 11 is 0. The first-order valence-corrected chi connectivity index (χ1v) is 11.9. The maximum atomic E-state index is 13.2. The molecule has 1 heterocycles. The lowest BCUT2D eigenvalue weighted by atomic mass is 9.83.